The van der Waals surface area contributed by atoms with E-state index in [-0.39, 0.29) is 17.6 Å². The van der Waals surface area contributed by atoms with Gasteiger partial charge in [-0.15, -0.1) is 11.8 Å². The van der Waals surface area contributed by atoms with E-state index in [0.29, 0.717) is 17.7 Å². The fraction of sp³-hybridized carbons (Fsp3) is 0.600. The van der Waals surface area contributed by atoms with Gasteiger partial charge in [0.05, 0.1) is 11.5 Å². The maximum Gasteiger partial charge on any atom is 0.234 e. The number of hydrogen-bond acceptors (Lipinski definition) is 4. The second-order valence-corrected chi connectivity index (χ2v) is 8.30. The summed E-state index contributed by atoms with van der Waals surface area (Å²) in [6.45, 7) is 9.39. The second-order valence-electron chi connectivity index (χ2n) is 7.31. The lowest BCUT2D eigenvalue weighted by molar-refractivity contribution is -0.118. The van der Waals surface area contributed by atoms with Crippen LogP contribution < -0.4 is 10.6 Å². The van der Waals surface area contributed by atoms with E-state index in [9.17, 15) is 9.59 Å². The molecule has 0 aromatic heterocycles. The Balaban J connectivity index is 1.60. The smallest absolute Gasteiger partial charge is 0.234 e. The van der Waals surface area contributed by atoms with Gasteiger partial charge in [0.25, 0.3) is 0 Å². The Hall–Kier alpha value is -1.53. The van der Waals surface area contributed by atoms with Crippen LogP contribution in [-0.4, -0.2) is 53.9 Å². The van der Waals surface area contributed by atoms with E-state index in [2.05, 4.69) is 29.4 Å². The third-order valence-corrected chi connectivity index (χ3v) is 5.57. The van der Waals surface area contributed by atoms with Crippen molar-refractivity contribution < 1.29 is 9.59 Å². The van der Waals surface area contributed by atoms with E-state index in [4.69, 9.17) is 0 Å². The minimum Gasteiger partial charge on any atom is -0.355 e. The van der Waals surface area contributed by atoms with E-state index in [1.54, 1.807) is 0 Å². The van der Waals surface area contributed by atoms with Crippen molar-refractivity contribution in [3.63, 3.8) is 0 Å². The lowest BCUT2D eigenvalue weighted by Crippen LogP contribution is -2.44. The molecule has 0 bridgehead atoms. The minimum absolute atomic E-state index is 0.0139. The summed E-state index contributed by atoms with van der Waals surface area (Å²) in [6, 6.07) is 8.27. The van der Waals surface area contributed by atoms with Gasteiger partial charge in [-0.1, -0.05) is 12.1 Å². The number of rotatable bonds is 8. The second kappa shape index (κ2) is 10.6. The topological polar surface area (TPSA) is 61.4 Å². The molecule has 2 N–H and O–H groups in total. The molecule has 1 atom stereocenters. The van der Waals surface area contributed by atoms with Gasteiger partial charge in [0, 0.05) is 24.8 Å². The van der Waals surface area contributed by atoms with Crippen molar-refractivity contribution in [2.45, 2.75) is 39.7 Å². The number of hydrogen-bond donors (Lipinski definition) is 2. The first-order valence-electron chi connectivity index (χ1n) is 9.39. The van der Waals surface area contributed by atoms with E-state index >= 15 is 0 Å². The number of carbonyl (C=O) groups is 2. The fourth-order valence-electron chi connectivity index (χ4n) is 3.20. The fourth-order valence-corrected chi connectivity index (χ4v) is 3.85. The molecule has 0 aliphatic carbocycles. The summed E-state index contributed by atoms with van der Waals surface area (Å²) in [5.74, 6) is 1.08. The molecule has 1 heterocycles. The summed E-state index contributed by atoms with van der Waals surface area (Å²) in [7, 11) is 0. The molecular weight excluding hydrogens is 346 g/mol. The molecular formula is C20H31N3O2S. The third-order valence-electron chi connectivity index (χ3n) is 4.64. The van der Waals surface area contributed by atoms with Gasteiger partial charge >= 0.3 is 0 Å². The molecule has 26 heavy (non-hydrogen) atoms. The van der Waals surface area contributed by atoms with Gasteiger partial charge in [0.2, 0.25) is 11.8 Å². The Bertz CT molecular complexity index is 606. The van der Waals surface area contributed by atoms with Crippen molar-refractivity contribution in [2.24, 2.45) is 5.92 Å². The number of amides is 2. The van der Waals surface area contributed by atoms with Crippen LogP contribution in [0.25, 0.3) is 0 Å². The Morgan fingerprint density at radius 1 is 1.27 bits per heavy atom. The number of thioether (sulfide) groups is 1. The zero-order chi connectivity index (χ0) is 18.9. The molecule has 144 valence electrons. The van der Waals surface area contributed by atoms with Gasteiger partial charge in [-0.3, -0.25) is 9.59 Å². The summed E-state index contributed by atoms with van der Waals surface area (Å²) >= 11 is 1.35. The quantitative estimate of drug-likeness (QED) is 0.731. The number of benzene rings is 1. The Morgan fingerprint density at radius 2 is 2.04 bits per heavy atom. The van der Waals surface area contributed by atoms with Gasteiger partial charge in [-0.05, 0) is 63.8 Å². The Kier molecular flexibility index (Phi) is 8.45. The van der Waals surface area contributed by atoms with Crippen LogP contribution >= 0.6 is 11.8 Å². The van der Waals surface area contributed by atoms with Crippen LogP contribution in [0, 0.1) is 12.8 Å². The highest BCUT2D eigenvalue weighted by Crippen LogP contribution is 2.17. The highest BCUT2D eigenvalue weighted by atomic mass is 32.2. The highest BCUT2D eigenvalue weighted by molar-refractivity contribution is 8.00. The number of likely N-dealkylation sites (tertiary alicyclic amines) is 1. The molecule has 1 aliphatic heterocycles. The van der Waals surface area contributed by atoms with Crippen LogP contribution in [0.15, 0.2) is 24.3 Å². The highest BCUT2D eigenvalue weighted by Gasteiger charge is 2.21. The Labute approximate surface area is 161 Å². The Morgan fingerprint density at radius 3 is 2.77 bits per heavy atom. The molecule has 6 heteroatoms. The van der Waals surface area contributed by atoms with E-state index in [0.717, 1.165) is 30.9 Å². The van der Waals surface area contributed by atoms with Crippen LogP contribution in [0.5, 0.6) is 0 Å². The van der Waals surface area contributed by atoms with Crippen molar-refractivity contribution >= 4 is 29.3 Å². The van der Waals surface area contributed by atoms with Crippen LogP contribution in [0.3, 0.4) is 0 Å². The molecule has 5 nitrogen and oxygen atoms in total. The van der Waals surface area contributed by atoms with Crippen molar-refractivity contribution in [2.75, 3.05) is 36.5 Å². The van der Waals surface area contributed by atoms with Gasteiger partial charge in [0.15, 0.2) is 0 Å². The van der Waals surface area contributed by atoms with E-state index in [1.807, 2.05) is 31.2 Å². The standard InChI is InChI=1S/C20H31N3O2S/c1-15(2)23-9-5-7-17(12-23)11-21-19(24)13-26-14-20(25)22-18-8-4-6-16(3)10-18/h4,6,8,10,15,17H,5,7,9,11-14H2,1-3H3,(H,21,24)(H,22,25). The average Bonchev–Trinajstić information content (AvgIpc) is 2.60. The van der Waals surface area contributed by atoms with Crippen LogP contribution in [0.4, 0.5) is 5.69 Å². The summed E-state index contributed by atoms with van der Waals surface area (Å²) in [5, 5.41) is 5.88. The van der Waals surface area contributed by atoms with Crippen molar-refractivity contribution in [3.8, 4) is 0 Å². The first-order valence-corrected chi connectivity index (χ1v) is 10.5. The van der Waals surface area contributed by atoms with Crippen molar-refractivity contribution in [1.82, 2.24) is 10.2 Å². The zero-order valence-electron chi connectivity index (χ0n) is 16.1. The van der Waals surface area contributed by atoms with Crippen LogP contribution in [-0.2, 0) is 9.59 Å². The molecule has 1 aliphatic rings. The predicted molar refractivity (Wildman–Crippen MR) is 110 cm³/mol. The molecule has 2 amide bonds. The lowest BCUT2D eigenvalue weighted by Gasteiger charge is -2.35. The molecule has 1 fully saturated rings. The first kappa shape index (κ1) is 20.8. The minimum atomic E-state index is -0.0757. The average molecular weight is 378 g/mol. The molecule has 2 rings (SSSR count). The molecule has 1 unspecified atom stereocenters. The summed E-state index contributed by atoms with van der Waals surface area (Å²) in [6.07, 6.45) is 2.38. The largest absolute Gasteiger partial charge is 0.355 e. The maximum atomic E-state index is 12.0. The SMILES string of the molecule is Cc1cccc(NC(=O)CSCC(=O)NCC2CCCN(C(C)C)C2)c1. The van der Waals surface area contributed by atoms with Gasteiger partial charge in [-0.2, -0.15) is 0 Å². The summed E-state index contributed by atoms with van der Waals surface area (Å²) < 4.78 is 0. The number of nitrogens with zero attached hydrogens (tertiary/aromatic N) is 1. The molecule has 0 spiro atoms. The first-order chi connectivity index (χ1) is 12.4. The number of nitrogens with one attached hydrogen (secondary N) is 2. The third kappa shape index (κ3) is 7.38. The number of piperidine rings is 1. The number of aryl methyl sites for hydroxylation is 1. The lowest BCUT2D eigenvalue weighted by atomic mass is 9.97. The summed E-state index contributed by atoms with van der Waals surface area (Å²) in [4.78, 5) is 26.4. The van der Waals surface area contributed by atoms with Gasteiger partial charge in [0.1, 0.15) is 0 Å². The summed E-state index contributed by atoms with van der Waals surface area (Å²) in [5.41, 5.74) is 1.90. The number of anilines is 1. The van der Waals surface area contributed by atoms with Crippen molar-refractivity contribution in [3.05, 3.63) is 29.8 Å². The van der Waals surface area contributed by atoms with Gasteiger partial charge in [-0.25, -0.2) is 0 Å². The molecule has 1 saturated heterocycles. The van der Waals surface area contributed by atoms with E-state index in [1.165, 1.54) is 24.6 Å². The monoisotopic (exact) mass is 377 g/mol. The predicted octanol–water partition coefficient (Wildman–Crippen LogP) is 2.90. The van der Waals surface area contributed by atoms with Crippen LogP contribution in [0.2, 0.25) is 0 Å². The van der Waals surface area contributed by atoms with Crippen LogP contribution in [0.1, 0.15) is 32.3 Å². The van der Waals surface area contributed by atoms with Crippen molar-refractivity contribution in [1.29, 1.82) is 0 Å². The molecule has 0 saturated carbocycles. The van der Waals surface area contributed by atoms with Gasteiger partial charge < -0.3 is 15.5 Å². The molecule has 1 aromatic carbocycles. The molecule has 1 aromatic rings. The molecule has 0 radical (unpaired) electrons. The zero-order valence-corrected chi connectivity index (χ0v) is 16.9. The van der Waals surface area contributed by atoms with E-state index < -0.39 is 0 Å². The maximum absolute atomic E-state index is 12.0. The normalized spacial score (nSPS) is 17.9. The number of carbonyl (C=O) groups excluding carboxylic acids is 2.